The molecule has 0 bridgehead atoms. The number of hydrogen-bond donors (Lipinski definition) is 2. The number of aromatic nitrogens is 2. The van der Waals surface area contributed by atoms with Gasteiger partial charge in [0.25, 0.3) is 0 Å². The van der Waals surface area contributed by atoms with E-state index in [0.717, 1.165) is 31.4 Å². The molecule has 1 unspecified atom stereocenters. The molecule has 1 aliphatic rings. The van der Waals surface area contributed by atoms with E-state index in [1.54, 1.807) is 10.7 Å². The van der Waals surface area contributed by atoms with Crippen molar-refractivity contribution in [2.45, 2.75) is 38.8 Å². The second-order valence-electron chi connectivity index (χ2n) is 4.05. The largest absolute Gasteiger partial charge is 0.507 e. The lowest BCUT2D eigenvalue weighted by molar-refractivity contribution is -0.0381. The van der Waals surface area contributed by atoms with Crippen molar-refractivity contribution >= 4 is 12.7 Å². The standard InChI is InChI=1S/C10H17BN2O3/c1-2-8-7-9(11(14)15)13(12-8)10-5-3-4-6-16-10/h7,10,14-15H,2-6H2,1H3. The van der Waals surface area contributed by atoms with Gasteiger partial charge in [0.05, 0.1) is 11.3 Å². The first-order valence-corrected chi connectivity index (χ1v) is 5.78. The molecule has 16 heavy (non-hydrogen) atoms. The van der Waals surface area contributed by atoms with Crippen molar-refractivity contribution in [1.29, 1.82) is 0 Å². The topological polar surface area (TPSA) is 67.5 Å². The van der Waals surface area contributed by atoms with Gasteiger partial charge in [-0.05, 0) is 31.7 Å². The van der Waals surface area contributed by atoms with Crippen molar-refractivity contribution in [2.75, 3.05) is 6.61 Å². The van der Waals surface area contributed by atoms with Gasteiger partial charge in [-0.3, -0.25) is 0 Å². The van der Waals surface area contributed by atoms with Crippen LogP contribution in [0, 0.1) is 0 Å². The molecule has 0 saturated carbocycles. The molecule has 2 rings (SSSR count). The highest BCUT2D eigenvalue weighted by molar-refractivity contribution is 6.57. The van der Waals surface area contributed by atoms with Gasteiger partial charge in [-0.1, -0.05) is 6.92 Å². The van der Waals surface area contributed by atoms with E-state index in [1.165, 1.54) is 0 Å². The molecule has 0 spiro atoms. The smallest absolute Gasteiger partial charge is 0.422 e. The molecule has 1 atom stereocenters. The highest BCUT2D eigenvalue weighted by Gasteiger charge is 2.25. The molecule has 88 valence electrons. The van der Waals surface area contributed by atoms with E-state index in [-0.39, 0.29) is 6.23 Å². The van der Waals surface area contributed by atoms with Crippen molar-refractivity contribution in [2.24, 2.45) is 0 Å². The van der Waals surface area contributed by atoms with Crippen molar-refractivity contribution in [3.63, 3.8) is 0 Å². The Morgan fingerprint density at radius 2 is 2.38 bits per heavy atom. The molecule has 1 fully saturated rings. The minimum Gasteiger partial charge on any atom is -0.422 e. The van der Waals surface area contributed by atoms with Crippen LogP contribution in [0.1, 0.15) is 38.1 Å². The summed E-state index contributed by atoms with van der Waals surface area (Å²) in [7, 11) is -1.49. The molecule has 5 nitrogen and oxygen atoms in total. The van der Waals surface area contributed by atoms with Crippen LogP contribution in [0.15, 0.2) is 6.07 Å². The SMILES string of the molecule is CCc1cc(B(O)O)n(C2CCCCO2)n1. The first-order chi connectivity index (χ1) is 7.72. The Morgan fingerprint density at radius 3 is 2.94 bits per heavy atom. The summed E-state index contributed by atoms with van der Waals surface area (Å²) in [5.41, 5.74) is 1.28. The average Bonchev–Trinajstić information content (AvgIpc) is 2.74. The van der Waals surface area contributed by atoms with Gasteiger partial charge >= 0.3 is 7.12 Å². The molecule has 1 aromatic rings. The molecule has 6 heteroatoms. The maximum Gasteiger partial charge on any atom is 0.507 e. The first kappa shape index (κ1) is 11.6. The van der Waals surface area contributed by atoms with Crippen LogP contribution in [0.5, 0.6) is 0 Å². The molecular formula is C10H17BN2O3. The lowest BCUT2D eigenvalue weighted by Crippen LogP contribution is -2.39. The average molecular weight is 224 g/mol. The second-order valence-corrected chi connectivity index (χ2v) is 4.05. The third-order valence-electron chi connectivity index (χ3n) is 2.87. The number of nitrogens with zero attached hydrogens (tertiary/aromatic N) is 2. The predicted octanol–water partition coefficient (Wildman–Crippen LogP) is -0.176. The van der Waals surface area contributed by atoms with Gasteiger partial charge < -0.3 is 14.8 Å². The van der Waals surface area contributed by atoms with E-state index in [2.05, 4.69) is 5.10 Å². The molecule has 0 amide bonds. The number of ether oxygens (including phenoxy) is 1. The van der Waals surface area contributed by atoms with E-state index in [4.69, 9.17) is 4.74 Å². The Balaban J connectivity index is 2.26. The number of aryl methyl sites for hydroxylation is 1. The number of hydrogen-bond acceptors (Lipinski definition) is 4. The van der Waals surface area contributed by atoms with Crippen LogP contribution >= 0.6 is 0 Å². The van der Waals surface area contributed by atoms with E-state index in [0.29, 0.717) is 12.2 Å². The van der Waals surface area contributed by atoms with Crippen LogP contribution < -0.4 is 5.59 Å². The van der Waals surface area contributed by atoms with Crippen molar-refractivity contribution in [1.82, 2.24) is 9.78 Å². The van der Waals surface area contributed by atoms with Crippen LogP contribution in [0.3, 0.4) is 0 Å². The van der Waals surface area contributed by atoms with Gasteiger partial charge in [0.15, 0.2) is 0 Å². The molecule has 0 aromatic carbocycles. The fourth-order valence-corrected chi connectivity index (χ4v) is 1.97. The Bertz CT molecular complexity index is 348. The summed E-state index contributed by atoms with van der Waals surface area (Å²) >= 11 is 0. The Hall–Kier alpha value is -0.845. The fourth-order valence-electron chi connectivity index (χ4n) is 1.97. The summed E-state index contributed by atoms with van der Waals surface area (Å²) in [5.74, 6) is 0. The number of rotatable bonds is 3. The molecule has 0 aliphatic carbocycles. The van der Waals surface area contributed by atoms with E-state index in [9.17, 15) is 10.0 Å². The summed E-state index contributed by atoms with van der Waals surface area (Å²) in [6.07, 6.45) is 3.66. The van der Waals surface area contributed by atoms with Gasteiger partial charge in [-0.15, -0.1) is 0 Å². The summed E-state index contributed by atoms with van der Waals surface area (Å²) < 4.78 is 7.20. The van der Waals surface area contributed by atoms with Crippen molar-refractivity contribution < 1.29 is 14.8 Å². The highest BCUT2D eigenvalue weighted by atomic mass is 16.5. The first-order valence-electron chi connectivity index (χ1n) is 5.78. The Morgan fingerprint density at radius 1 is 1.56 bits per heavy atom. The predicted molar refractivity (Wildman–Crippen MR) is 60.3 cm³/mol. The minimum absolute atomic E-state index is 0.147. The van der Waals surface area contributed by atoms with Crippen molar-refractivity contribution in [3.8, 4) is 0 Å². The van der Waals surface area contributed by atoms with Gasteiger partial charge in [-0.25, -0.2) is 4.68 Å². The van der Waals surface area contributed by atoms with Crippen LogP contribution in [-0.4, -0.2) is 33.6 Å². The zero-order valence-electron chi connectivity index (χ0n) is 9.46. The second kappa shape index (κ2) is 4.99. The highest BCUT2D eigenvalue weighted by Crippen LogP contribution is 2.21. The van der Waals surface area contributed by atoms with Gasteiger partial charge in [0.1, 0.15) is 6.23 Å². The fraction of sp³-hybridized carbons (Fsp3) is 0.700. The molecule has 0 radical (unpaired) electrons. The van der Waals surface area contributed by atoms with Crippen LogP contribution in [0.2, 0.25) is 0 Å². The third-order valence-corrected chi connectivity index (χ3v) is 2.87. The maximum atomic E-state index is 9.28. The van der Waals surface area contributed by atoms with Crippen LogP contribution in [-0.2, 0) is 11.2 Å². The summed E-state index contributed by atoms with van der Waals surface area (Å²) in [6, 6.07) is 1.72. The normalized spacial score (nSPS) is 21.1. The third kappa shape index (κ3) is 2.29. The summed E-state index contributed by atoms with van der Waals surface area (Å²) in [6.45, 7) is 2.70. The molecule has 1 saturated heterocycles. The van der Waals surface area contributed by atoms with Gasteiger partial charge in [-0.2, -0.15) is 5.10 Å². The van der Waals surface area contributed by atoms with Crippen LogP contribution in [0.4, 0.5) is 0 Å². The van der Waals surface area contributed by atoms with E-state index >= 15 is 0 Å². The molecule has 1 aliphatic heterocycles. The van der Waals surface area contributed by atoms with E-state index < -0.39 is 7.12 Å². The molecular weight excluding hydrogens is 207 g/mol. The monoisotopic (exact) mass is 224 g/mol. The minimum atomic E-state index is -1.49. The van der Waals surface area contributed by atoms with Gasteiger partial charge in [0.2, 0.25) is 0 Å². The van der Waals surface area contributed by atoms with Crippen LogP contribution in [0.25, 0.3) is 0 Å². The van der Waals surface area contributed by atoms with E-state index in [1.807, 2.05) is 6.92 Å². The summed E-state index contributed by atoms with van der Waals surface area (Å²) in [5, 5.41) is 22.9. The zero-order valence-corrected chi connectivity index (χ0v) is 9.46. The van der Waals surface area contributed by atoms with Gasteiger partial charge in [0, 0.05) is 6.61 Å². The quantitative estimate of drug-likeness (QED) is 0.699. The lowest BCUT2D eigenvalue weighted by atomic mass is 9.85. The maximum absolute atomic E-state index is 9.28. The van der Waals surface area contributed by atoms with Crippen molar-refractivity contribution in [3.05, 3.63) is 11.8 Å². The Labute approximate surface area is 95.2 Å². The zero-order chi connectivity index (χ0) is 11.5. The Kier molecular flexibility index (Phi) is 3.63. The summed E-state index contributed by atoms with van der Waals surface area (Å²) in [4.78, 5) is 0. The molecule has 1 aromatic heterocycles. The molecule has 2 N–H and O–H groups in total. The molecule has 2 heterocycles. The lowest BCUT2D eigenvalue weighted by Gasteiger charge is -2.24.